The Kier molecular flexibility index (Phi) is 6.38. The first-order valence-corrected chi connectivity index (χ1v) is 5.63. The van der Waals surface area contributed by atoms with E-state index in [-0.39, 0.29) is 5.41 Å². The van der Waals surface area contributed by atoms with E-state index in [0.29, 0.717) is 6.04 Å². The topological polar surface area (TPSA) is 21.3 Å². The molecule has 0 spiro atoms. The van der Waals surface area contributed by atoms with E-state index in [1.807, 2.05) is 7.05 Å². The average molecular weight is 201 g/mol. The summed E-state index contributed by atoms with van der Waals surface area (Å²) in [5.41, 5.74) is 0.270. The van der Waals surface area contributed by atoms with Gasteiger partial charge in [0.25, 0.3) is 0 Å². The molecule has 1 unspecified atom stereocenters. The smallest absolute Gasteiger partial charge is 0.0624 e. The standard InChI is InChI=1S/C12H27NO/c1-10(2)7-8-14-9-11(13-6)12(3,4)5/h10-11,13H,7-9H2,1-6H3. The van der Waals surface area contributed by atoms with Crippen LogP contribution in [0.2, 0.25) is 0 Å². The number of hydrogen-bond donors (Lipinski definition) is 1. The molecule has 0 aliphatic rings. The third-order valence-corrected chi connectivity index (χ3v) is 2.52. The molecular weight excluding hydrogens is 174 g/mol. The van der Waals surface area contributed by atoms with Gasteiger partial charge in [-0.05, 0) is 24.8 Å². The first-order valence-electron chi connectivity index (χ1n) is 5.63. The molecule has 0 radical (unpaired) electrons. The third-order valence-electron chi connectivity index (χ3n) is 2.52. The van der Waals surface area contributed by atoms with Crippen molar-refractivity contribution in [3.8, 4) is 0 Å². The summed E-state index contributed by atoms with van der Waals surface area (Å²) in [4.78, 5) is 0. The van der Waals surface area contributed by atoms with E-state index >= 15 is 0 Å². The summed E-state index contributed by atoms with van der Waals surface area (Å²) in [5, 5.41) is 3.31. The van der Waals surface area contributed by atoms with Gasteiger partial charge in [0.2, 0.25) is 0 Å². The van der Waals surface area contributed by atoms with E-state index in [2.05, 4.69) is 39.9 Å². The molecule has 0 fully saturated rings. The summed E-state index contributed by atoms with van der Waals surface area (Å²) in [7, 11) is 2.00. The molecule has 1 N–H and O–H groups in total. The molecule has 0 bridgehead atoms. The Balaban J connectivity index is 3.64. The van der Waals surface area contributed by atoms with Crippen molar-refractivity contribution in [2.24, 2.45) is 11.3 Å². The molecule has 0 saturated heterocycles. The second-order valence-electron chi connectivity index (χ2n) is 5.46. The Morgan fingerprint density at radius 2 is 1.79 bits per heavy atom. The monoisotopic (exact) mass is 201 g/mol. The van der Waals surface area contributed by atoms with Crippen LogP contribution in [-0.2, 0) is 4.74 Å². The van der Waals surface area contributed by atoms with E-state index in [0.717, 1.165) is 25.6 Å². The van der Waals surface area contributed by atoms with Crippen LogP contribution in [0, 0.1) is 11.3 Å². The quantitative estimate of drug-likeness (QED) is 0.667. The Hall–Kier alpha value is -0.0800. The maximum atomic E-state index is 5.66. The fraction of sp³-hybridized carbons (Fsp3) is 1.00. The SMILES string of the molecule is CNC(COCCC(C)C)C(C)(C)C. The van der Waals surface area contributed by atoms with Gasteiger partial charge in [0.15, 0.2) is 0 Å². The zero-order valence-electron chi connectivity index (χ0n) is 10.7. The second kappa shape index (κ2) is 6.41. The predicted octanol–water partition coefficient (Wildman–Crippen LogP) is 2.68. The van der Waals surface area contributed by atoms with Crippen LogP contribution >= 0.6 is 0 Å². The lowest BCUT2D eigenvalue weighted by atomic mass is 9.87. The third kappa shape index (κ3) is 6.39. The van der Waals surface area contributed by atoms with Crippen molar-refractivity contribution in [1.82, 2.24) is 5.32 Å². The van der Waals surface area contributed by atoms with Crippen LogP contribution in [0.5, 0.6) is 0 Å². The zero-order valence-corrected chi connectivity index (χ0v) is 10.7. The highest BCUT2D eigenvalue weighted by atomic mass is 16.5. The fourth-order valence-electron chi connectivity index (χ4n) is 1.29. The molecule has 1 atom stereocenters. The number of ether oxygens (including phenoxy) is 1. The van der Waals surface area contributed by atoms with Crippen LogP contribution < -0.4 is 5.32 Å². The molecule has 2 nitrogen and oxygen atoms in total. The molecule has 0 amide bonds. The predicted molar refractivity (Wildman–Crippen MR) is 62.6 cm³/mol. The molecule has 0 saturated carbocycles. The molecule has 0 aromatic rings. The van der Waals surface area contributed by atoms with Crippen LogP contribution in [0.3, 0.4) is 0 Å². The Labute approximate surface area is 89.4 Å². The molecule has 0 heterocycles. The highest BCUT2D eigenvalue weighted by Gasteiger charge is 2.22. The lowest BCUT2D eigenvalue weighted by Gasteiger charge is -2.30. The van der Waals surface area contributed by atoms with Crippen LogP contribution in [0.4, 0.5) is 0 Å². The number of rotatable bonds is 6. The van der Waals surface area contributed by atoms with Gasteiger partial charge < -0.3 is 10.1 Å². The Bertz CT molecular complexity index is 138. The summed E-state index contributed by atoms with van der Waals surface area (Å²) in [6.07, 6.45) is 1.15. The fourth-order valence-corrected chi connectivity index (χ4v) is 1.29. The number of nitrogens with one attached hydrogen (secondary N) is 1. The minimum absolute atomic E-state index is 0.270. The maximum Gasteiger partial charge on any atom is 0.0624 e. The molecule has 0 aromatic carbocycles. The number of hydrogen-bond acceptors (Lipinski definition) is 2. The maximum absolute atomic E-state index is 5.66. The summed E-state index contributed by atoms with van der Waals surface area (Å²) in [5.74, 6) is 0.734. The first kappa shape index (κ1) is 13.9. The van der Waals surface area contributed by atoms with E-state index in [1.54, 1.807) is 0 Å². The van der Waals surface area contributed by atoms with Crippen molar-refractivity contribution in [2.75, 3.05) is 20.3 Å². The largest absolute Gasteiger partial charge is 0.380 e. The normalized spacial score (nSPS) is 14.8. The number of likely N-dealkylation sites (N-methyl/N-ethyl adjacent to an activating group) is 1. The molecule has 0 aliphatic carbocycles. The summed E-state index contributed by atoms with van der Waals surface area (Å²) in [6.45, 7) is 12.9. The Morgan fingerprint density at radius 1 is 1.21 bits per heavy atom. The van der Waals surface area contributed by atoms with Crippen molar-refractivity contribution in [3.63, 3.8) is 0 Å². The molecule has 0 aliphatic heterocycles. The van der Waals surface area contributed by atoms with Gasteiger partial charge in [0.05, 0.1) is 6.61 Å². The summed E-state index contributed by atoms with van der Waals surface area (Å²) < 4.78 is 5.66. The van der Waals surface area contributed by atoms with Crippen molar-refractivity contribution < 1.29 is 4.74 Å². The molecule has 14 heavy (non-hydrogen) atoms. The van der Waals surface area contributed by atoms with Gasteiger partial charge in [-0.15, -0.1) is 0 Å². The molecule has 2 heteroatoms. The lowest BCUT2D eigenvalue weighted by molar-refractivity contribution is 0.0723. The molecule has 0 aromatic heterocycles. The van der Waals surface area contributed by atoms with Gasteiger partial charge in [-0.3, -0.25) is 0 Å². The van der Waals surface area contributed by atoms with Crippen molar-refractivity contribution >= 4 is 0 Å². The first-order chi connectivity index (χ1) is 6.38. The summed E-state index contributed by atoms with van der Waals surface area (Å²) >= 11 is 0. The lowest BCUT2D eigenvalue weighted by Crippen LogP contribution is -2.41. The van der Waals surface area contributed by atoms with Crippen molar-refractivity contribution in [1.29, 1.82) is 0 Å². The van der Waals surface area contributed by atoms with E-state index in [9.17, 15) is 0 Å². The van der Waals surface area contributed by atoms with Gasteiger partial charge >= 0.3 is 0 Å². The van der Waals surface area contributed by atoms with E-state index in [4.69, 9.17) is 4.74 Å². The molecular formula is C12H27NO. The van der Waals surface area contributed by atoms with Gasteiger partial charge in [-0.2, -0.15) is 0 Å². The highest BCUT2D eigenvalue weighted by molar-refractivity contribution is 4.78. The van der Waals surface area contributed by atoms with Gasteiger partial charge in [0, 0.05) is 12.6 Å². The van der Waals surface area contributed by atoms with E-state index < -0.39 is 0 Å². The summed E-state index contributed by atoms with van der Waals surface area (Å²) in [6, 6.07) is 0.440. The average Bonchev–Trinajstić information content (AvgIpc) is 2.01. The van der Waals surface area contributed by atoms with Crippen molar-refractivity contribution in [3.05, 3.63) is 0 Å². The van der Waals surface area contributed by atoms with Crippen LogP contribution in [-0.4, -0.2) is 26.3 Å². The highest BCUT2D eigenvalue weighted by Crippen LogP contribution is 2.19. The minimum Gasteiger partial charge on any atom is -0.380 e. The van der Waals surface area contributed by atoms with Crippen LogP contribution in [0.25, 0.3) is 0 Å². The Morgan fingerprint density at radius 3 is 2.14 bits per heavy atom. The molecule has 0 rings (SSSR count). The van der Waals surface area contributed by atoms with Crippen molar-refractivity contribution in [2.45, 2.75) is 47.1 Å². The van der Waals surface area contributed by atoms with Gasteiger partial charge in [0.1, 0.15) is 0 Å². The second-order valence-corrected chi connectivity index (χ2v) is 5.46. The zero-order chi connectivity index (χ0) is 11.2. The van der Waals surface area contributed by atoms with Gasteiger partial charge in [-0.1, -0.05) is 34.6 Å². The molecule has 86 valence electrons. The van der Waals surface area contributed by atoms with Gasteiger partial charge in [-0.25, -0.2) is 0 Å². The van der Waals surface area contributed by atoms with Crippen LogP contribution in [0.1, 0.15) is 41.0 Å². The van der Waals surface area contributed by atoms with Crippen LogP contribution in [0.15, 0.2) is 0 Å². The van der Waals surface area contributed by atoms with E-state index in [1.165, 1.54) is 0 Å². The minimum atomic E-state index is 0.270.